The highest BCUT2D eigenvalue weighted by molar-refractivity contribution is 9.11. The van der Waals surface area contributed by atoms with Gasteiger partial charge in [-0.1, -0.05) is 0 Å². The first-order chi connectivity index (χ1) is 8.49. The molecule has 1 aromatic heterocycles. The monoisotopic (exact) mass is 330 g/mol. The molecule has 5 heteroatoms. The molecule has 1 aliphatic heterocycles. The Kier molecular flexibility index (Phi) is 4.45. The molecule has 1 atom stereocenters. The molecule has 100 valence electrons. The summed E-state index contributed by atoms with van der Waals surface area (Å²) in [6, 6.07) is 2.48. The lowest BCUT2D eigenvalue weighted by molar-refractivity contribution is 0.0766. The second-order valence-electron chi connectivity index (χ2n) is 5.03. The largest absolute Gasteiger partial charge is 0.339 e. The highest BCUT2D eigenvalue weighted by Gasteiger charge is 2.25. The minimum atomic E-state index is 0.133. The zero-order chi connectivity index (χ0) is 13.3. The van der Waals surface area contributed by atoms with Crippen molar-refractivity contribution in [2.75, 3.05) is 27.2 Å². The van der Waals surface area contributed by atoms with Crippen molar-refractivity contribution in [3.63, 3.8) is 0 Å². The van der Waals surface area contributed by atoms with E-state index in [2.05, 4.69) is 27.9 Å². The number of carbonyl (C=O) groups is 1. The van der Waals surface area contributed by atoms with E-state index in [4.69, 9.17) is 0 Å². The fraction of sp³-hybridized carbons (Fsp3) is 0.615. The minimum absolute atomic E-state index is 0.133. The van der Waals surface area contributed by atoms with Crippen LogP contribution in [-0.2, 0) is 0 Å². The molecule has 0 aromatic carbocycles. The number of likely N-dealkylation sites (tertiary alicyclic amines) is 1. The lowest BCUT2D eigenvalue weighted by Crippen LogP contribution is -2.39. The number of nitrogens with zero attached hydrogens (tertiary/aromatic N) is 2. The van der Waals surface area contributed by atoms with Crippen LogP contribution in [-0.4, -0.2) is 48.9 Å². The Bertz CT molecular complexity index is 427. The Morgan fingerprint density at radius 3 is 2.89 bits per heavy atom. The molecule has 3 nitrogen and oxygen atoms in total. The zero-order valence-corrected chi connectivity index (χ0v) is 13.5. The molecule has 0 aliphatic carbocycles. The van der Waals surface area contributed by atoms with E-state index in [0.29, 0.717) is 6.04 Å². The third kappa shape index (κ3) is 2.95. The molecule has 0 N–H and O–H groups in total. The van der Waals surface area contributed by atoms with Crippen LogP contribution in [0.25, 0.3) is 0 Å². The summed E-state index contributed by atoms with van der Waals surface area (Å²) in [5, 5.41) is 0. The Balaban J connectivity index is 2.00. The molecule has 0 saturated carbocycles. The van der Waals surface area contributed by atoms with E-state index < -0.39 is 0 Å². The smallest absolute Gasteiger partial charge is 0.263 e. The van der Waals surface area contributed by atoms with Gasteiger partial charge in [0, 0.05) is 19.6 Å². The quantitative estimate of drug-likeness (QED) is 0.850. The standard InChI is InChI=1S/C13H19BrN2OS/c1-9-7-11(18-12(9)14)13(17)16(3)8-10-5-4-6-15(10)2/h7,10H,4-6,8H2,1-3H3. The predicted octanol–water partition coefficient (Wildman–Crippen LogP) is 2.99. The van der Waals surface area contributed by atoms with Crippen molar-refractivity contribution in [2.45, 2.75) is 25.8 Å². The van der Waals surface area contributed by atoms with Crippen molar-refractivity contribution in [3.05, 3.63) is 20.3 Å². The summed E-state index contributed by atoms with van der Waals surface area (Å²) >= 11 is 4.99. The molecule has 18 heavy (non-hydrogen) atoms. The van der Waals surface area contributed by atoms with Gasteiger partial charge >= 0.3 is 0 Å². The van der Waals surface area contributed by atoms with Gasteiger partial charge in [0.05, 0.1) is 8.66 Å². The number of thiophene rings is 1. The molecule has 0 bridgehead atoms. The maximum Gasteiger partial charge on any atom is 0.263 e. The van der Waals surface area contributed by atoms with Crippen LogP contribution in [0.2, 0.25) is 0 Å². The summed E-state index contributed by atoms with van der Waals surface area (Å²) in [7, 11) is 4.04. The number of carbonyl (C=O) groups excluding carboxylic acids is 1. The van der Waals surface area contributed by atoms with Gasteiger partial charge in [0.2, 0.25) is 0 Å². The van der Waals surface area contributed by atoms with Gasteiger partial charge in [-0.05, 0) is 60.9 Å². The number of hydrogen-bond donors (Lipinski definition) is 0. The first kappa shape index (κ1) is 14.0. The Morgan fingerprint density at radius 1 is 1.67 bits per heavy atom. The molecule has 1 amide bonds. The zero-order valence-electron chi connectivity index (χ0n) is 11.1. The van der Waals surface area contributed by atoms with Gasteiger partial charge in [-0.2, -0.15) is 0 Å². The van der Waals surface area contributed by atoms with Gasteiger partial charge in [-0.15, -0.1) is 11.3 Å². The number of hydrogen-bond acceptors (Lipinski definition) is 3. The maximum absolute atomic E-state index is 12.3. The summed E-state index contributed by atoms with van der Waals surface area (Å²) in [5.41, 5.74) is 1.13. The van der Waals surface area contributed by atoms with E-state index in [1.807, 2.05) is 24.9 Å². The fourth-order valence-electron chi connectivity index (χ4n) is 2.36. The molecule has 2 heterocycles. The van der Waals surface area contributed by atoms with Gasteiger partial charge in [-0.25, -0.2) is 0 Å². The number of rotatable bonds is 3. The van der Waals surface area contributed by atoms with Gasteiger partial charge in [0.25, 0.3) is 5.91 Å². The van der Waals surface area contributed by atoms with Crippen molar-refractivity contribution in [2.24, 2.45) is 0 Å². The van der Waals surface area contributed by atoms with Crippen LogP contribution in [0.15, 0.2) is 9.85 Å². The third-order valence-electron chi connectivity index (χ3n) is 3.57. The number of amides is 1. The second kappa shape index (κ2) is 5.72. The normalized spacial score (nSPS) is 20.3. The van der Waals surface area contributed by atoms with Crippen molar-refractivity contribution in [1.82, 2.24) is 9.80 Å². The SMILES string of the molecule is Cc1cc(C(=O)N(C)CC2CCCN2C)sc1Br. The average molecular weight is 331 g/mol. The number of halogens is 1. The minimum Gasteiger partial charge on any atom is -0.339 e. The van der Waals surface area contributed by atoms with Gasteiger partial charge in [0.1, 0.15) is 0 Å². The van der Waals surface area contributed by atoms with Crippen LogP contribution in [0.1, 0.15) is 28.1 Å². The van der Waals surface area contributed by atoms with Crippen molar-refractivity contribution in [1.29, 1.82) is 0 Å². The van der Waals surface area contributed by atoms with Crippen molar-refractivity contribution >= 4 is 33.2 Å². The van der Waals surface area contributed by atoms with Crippen LogP contribution in [0.5, 0.6) is 0 Å². The molecule has 0 radical (unpaired) electrons. The van der Waals surface area contributed by atoms with Gasteiger partial charge < -0.3 is 9.80 Å². The van der Waals surface area contributed by atoms with Crippen LogP contribution in [0.3, 0.4) is 0 Å². The van der Waals surface area contributed by atoms with E-state index in [1.54, 1.807) is 0 Å². The Hall–Kier alpha value is -0.390. The van der Waals surface area contributed by atoms with E-state index in [1.165, 1.54) is 24.2 Å². The summed E-state index contributed by atoms with van der Waals surface area (Å²) < 4.78 is 1.05. The summed E-state index contributed by atoms with van der Waals surface area (Å²) in [5.74, 6) is 0.133. The topological polar surface area (TPSA) is 23.6 Å². The molecule has 1 fully saturated rings. The molecule has 0 spiro atoms. The first-order valence-corrected chi connectivity index (χ1v) is 7.81. The molecular weight excluding hydrogens is 312 g/mol. The highest BCUT2D eigenvalue weighted by atomic mass is 79.9. The summed E-state index contributed by atoms with van der Waals surface area (Å²) in [4.78, 5) is 17.3. The summed E-state index contributed by atoms with van der Waals surface area (Å²) in [6.45, 7) is 3.99. The molecule has 1 unspecified atom stereocenters. The maximum atomic E-state index is 12.3. The molecular formula is C13H19BrN2OS. The predicted molar refractivity (Wildman–Crippen MR) is 79.4 cm³/mol. The fourth-order valence-corrected chi connectivity index (χ4v) is 3.89. The van der Waals surface area contributed by atoms with Crippen LogP contribution < -0.4 is 0 Å². The van der Waals surface area contributed by atoms with E-state index in [9.17, 15) is 4.79 Å². The molecule has 1 saturated heterocycles. The highest BCUT2D eigenvalue weighted by Crippen LogP contribution is 2.28. The Morgan fingerprint density at radius 2 is 2.39 bits per heavy atom. The molecule has 2 rings (SSSR count). The summed E-state index contributed by atoms with van der Waals surface area (Å²) in [6.07, 6.45) is 2.44. The second-order valence-corrected chi connectivity index (χ2v) is 7.40. The van der Waals surface area contributed by atoms with E-state index in [-0.39, 0.29) is 5.91 Å². The molecule has 1 aromatic rings. The molecule has 1 aliphatic rings. The van der Waals surface area contributed by atoms with E-state index >= 15 is 0 Å². The third-order valence-corrected chi connectivity index (χ3v) is 5.70. The van der Waals surface area contributed by atoms with Crippen molar-refractivity contribution < 1.29 is 4.79 Å². The lowest BCUT2D eigenvalue weighted by Gasteiger charge is -2.25. The first-order valence-electron chi connectivity index (χ1n) is 6.20. The van der Waals surface area contributed by atoms with Crippen LogP contribution in [0, 0.1) is 6.92 Å². The van der Waals surface area contributed by atoms with Crippen LogP contribution in [0.4, 0.5) is 0 Å². The number of aryl methyl sites for hydroxylation is 1. The van der Waals surface area contributed by atoms with Crippen molar-refractivity contribution in [3.8, 4) is 0 Å². The lowest BCUT2D eigenvalue weighted by atomic mass is 10.2. The Labute approximate surface area is 121 Å². The van der Waals surface area contributed by atoms with E-state index in [0.717, 1.165) is 27.3 Å². The average Bonchev–Trinajstić information content (AvgIpc) is 2.86. The van der Waals surface area contributed by atoms with Crippen LogP contribution >= 0.6 is 27.3 Å². The van der Waals surface area contributed by atoms with Gasteiger partial charge in [0.15, 0.2) is 0 Å². The number of likely N-dealkylation sites (N-methyl/N-ethyl adjacent to an activating group) is 2. The van der Waals surface area contributed by atoms with Gasteiger partial charge in [-0.3, -0.25) is 4.79 Å².